The molecule has 5 nitrogen and oxygen atoms in total. The van der Waals surface area contributed by atoms with Crippen molar-refractivity contribution in [3.8, 4) is 11.5 Å². The van der Waals surface area contributed by atoms with Gasteiger partial charge in [0.15, 0.2) is 11.5 Å². The molecule has 0 aromatic heterocycles. The molecular formula is C20H17FINO4S. The normalized spacial score (nSPS) is 15.4. The van der Waals surface area contributed by atoms with Gasteiger partial charge in [-0.25, -0.2) is 4.39 Å². The van der Waals surface area contributed by atoms with Crippen LogP contribution in [0.15, 0.2) is 41.3 Å². The van der Waals surface area contributed by atoms with E-state index in [1.807, 2.05) is 13.0 Å². The van der Waals surface area contributed by atoms with Gasteiger partial charge in [0.1, 0.15) is 5.82 Å². The van der Waals surface area contributed by atoms with Crippen LogP contribution in [0.1, 0.15) is 18.1 Å². The van der Waals surface area contributed by atoms with Crippen LogP contribution in [0.4, 0.5) is 9.18 Å². The van der Waals surface area contributed by atoms with Crippen LogP contribution in [-0.2, 0) is 11.3 Å². The van der Waals surface area contributed by atoms with Crippen molar-refractivity contribution in [1.29, 1.82) is 0 Å². The first-order valence-electron chi connectivity index (χ1n) is 8.43. The zero-order valence-electron chi connectivity index (χ0n) is 15.2. The highest BCUT2D eigenvalue weighted by Gasteiger charge is 2.35. The van der Waals surface area contributed by atoms with Gasteiger partial charge < -0.3 is 9.47 Å². The number of benzene rings is 2. The summed E-state index contributed by atoms with van der Waals surface area (Å²) in [6.07, 6.45) is 1.67. The van der Waals surface area contributed by atoms with Crippen molar-refractivity contribution < 1.29 is 23.5 Å². The van der Waals surface area contributed by atoms with Gasteiger partial charge in [-0.3, -0.25) is 14.5 Å². The summed E-state index contributed by atoms with van der Waals surface area (Å²) in [5, 5.41) is -0.353. The van der Waals surface area contributed by atoms with Gasteiger partial charge in [0, 0.05) is 0 Å². The van der Waals surface area contributed by atoms with Crippen LogP contribution < -0.4 is 9.47 Å². The minimum absolute atomic E-state index is 0.104. The van der Waals surface area contributed by atoms with Crippen LogP contribution >= 0.6 is 34.4 Å². The summed E-state index contributed by atoms with van der Waals surface area (Å²) in [4.78, 5) is 26.5. The summed E-state index contributed by atoms with van der Waals surface area (Å²) in [6.45, 7) is 2.45. The highest BCUT2D eigenvalue weighted by atomic mass is 127. The number of ether oxygens (including phenoxy) is 2. The van der Waals surface area contributed by atoms with Gasteiger partial charge in [0.25, 0.3) is 11.1 Å². The van der Waals surface area contributed by atoms with Crippen LogP contribution in [0, 0.1) is 9.39 Å². The lowest BCUT2D eigenvalue weighted by Gasteiger charge is -2.13. The summed E-state index contributed by atoms with van der Waals surface area (Å²) in [7, 11) is 1.57. The minimum atomic E-state index is -0.372. The maximum absolute atomic E-state index is 13.1. The molecule has 0 atom stereocenters. The summed E-state index contributed by atoms with van der Waals surface area (Å²) < 4.78 is 24.9. The summed E-state index contributed by atoms with van der Waals surface area (Å²) in [5.74, 6) is 0.470. The molecule has 2 aromatic carbocycles. The zero-order chi connectivity index (χ0) is 20.3. The monoisotopic (exact) mass is 513 g/mol. The maximum atomic E-state index is 13.1. The Kier molecular flexibility index (Phi) is 6.61. The second-order valence-corrected chi connectivity index (χ2v) is 8.02. The van der Waals surface area contributed by atoms with Crippen molar-refractivity contribution in [3.63, 3.8) is 0 Å². The van der Waals surface area contributed by atoms with E-state index in [0.717, 1.165) is 25.8 Å². The number of hydrogen-bond acceptors (Lipinski definition) is 5. The van der Waals surface area contributed by atoms with Crippen LogP contribution in [0.2, 0.25) is 0 Å². The Morgan fingerprint density at radius 3 is 2.57 bits per heavy atom. The Balaban J connectivity index is 1.86. The lowest BCUT2D eigenvalue weighted by Crippen LogP contribution is -2.27. The number of carbonyl (C=O) groups is 2. The van der Waals surface area contributed by atoms with Crippen LogP contribution in [0.3, 0.4) is 0 Å². The van der Waals surface area contributed by atoms with E-state index in [9.17, 15) is 14.0 Å². The van der Waals surface area contributed by atoms with Crippen molar-refractivity contribution >= 4 is 51.6 Å². The number of amides is 2. The van der Waals surface area contributed by atoms with Gasteiger partial charge in [0.2, 0.25) is 0 Å². The van der Waals surface area contributed by atoms with E-state index in [1.54, 1.807) is 31.4 Å². The molecule has 1 saturated heterocycles. The van der Waals surface area contributed by atoms with Gasteiger partial charge in [-0.05, 0) is 82.7 Å². The van der Waals surface area contributed by atoms with Crippen LogP contribution in [0.5, 0.6) is 11.5 Å². The predicted octanol–water partition coefficient (Wildman–Crippen LogP) is 5.07. The fourth-order valence-corrected chi connectivity index (χ4v) is 4.38. The van der Waals surface area contributed by atoms with E-state index >= 15 is 0 Å². The van der Waals surface area contributed by atoms with E-state index < -0.39 is 0 Å². The number of halogens is 2. The van der Waals surface area contributed by atoms with Crippen LogP contribution in [-0.4, -0.2) is 29.8 Å². The molecule has 2 amide bonds. The molecule has 0 saturated carbocycles. The van der Waals surface area contributed by atoms with E-state index in [1.165, 1.54) is 12.1 Å². The highest BCUT2D eigenvalue weighted by molar-refractivity contribution is 14.1. The number of methoxy groups -OCH3 is 1. The molecule has 8 heteroatoms. The first-order valence-corrected chi connectivity index (χ1v) is 10.3. The third-order valence-electron chi connectivity index (χ3n) is 3.96. The van der Waals surface area contributed by atoms with Gasteiger partial charge in [-0.2, -0.15) is 0 Å². The van der Waals surface area contributed by atoms with Gasteiger partial charge in [0.05, 0.1) is 28.7 Å². The summed E-state index contributed by atoms with van der Waals surface area (Å²) >= 11 is 3.02. The Morgan fingerprint density at radius 1 is 1.21 bits per heavy atom. The average molecular weight is 513 g/mol. The third kappa shape index (κ3) is 4.49. The minimum Gasteiger partial charge on any atom is -0.492 e. The van der Waals surface area contributed by atoms with E-state index in [0.29, 0.717) is 28.6 Å². The second kappa shape index (κ2) is 8.95. The van der Waals surface area contributed by atoms with Crippen LogP contribution in [0.25, 0.3) is 6.08 Å². The SMILES string of the molecule is CCOc1cc(C=C2SC(=O)N(Cc3ccc(F)cc3)C2=O)cc(I)c1OC. The Bertz CT molecular complexity index is 946. The molecule has 1 aliphatic heterocycles. The molecule has 1 aliphatic rings. The molecule has 0 spiro atoms. The molecule has 2 aromatic rings. The summed E-state index contributed by atoms with van der Waals surface area (Å²) in [6, 6.07) is 9.36. The third-order valence-corrected chi connectivity index (χ3v) is 5.67. The lowest BCUT2D eigenvalue weighted by molar-refractivity contribution is -0.123. The molecule has 146 valence electrons. The number of rotatable bonds is 6. The maximum Gasteiger partial charge on any atom is 0.293 e. The molecule has 28 heavy (non-hydrogen) atoms. The molecule has 1 fully saturated rings. The van der Waals surface area contributed by atoms with Crippen molar-refractivity contribution in [2.75, 3.05) is 13.7 Å². The smallest absolute Gasteiger partial charge is 0.293 e. The summed E-state index contributed by atoms with van der Waals surface area (Å²) in [5.41, 5.74) is 1.42. The Labute approximate surface area is 180 Å². The molecule has 0 aliphatic carbocycles. The van der Waals surface area contributed by atoms with Gasteiger partial charge in [-0.15, -0.1) is 0 Å². The fraction of sp³-hybridized carbons (Fsp3) is 0.200. The number of carbonyl (C=O) groups excluding carboxylic acids is 2. The topological polar surface area (TPSA) is 55.8 Å². The Morgan fingerprint density at radius 2 is 1.93 bits per heavy atom. The van der Waals surface area contributed by atoms with Gasteiger partial charge in [-0.1, -0.05) is 12.1 Å². The number of thioether (sulfide) groups is 1. The number of hydrogen-bond donors (Lipinski definition) is 0. The number of imide groups is 1. The Hall–Kier alpha value is -2.07. The lowest BCUT2D eigenvalue weighted by atomic mass is 10.1. The second-order valence-electron chi connectivity index (χ2n) is 5.86. The van der Waals surface area contributed by atoms with E-state index in [4.69, 9.17) is 9.47 Å². The highest BCUT2D eigenvalue weighted by Crippen LogP contribution is 2.37. The van der Waals surface area contributed by atoms with Crippen molar-refractivity contribution in [2.24, 2.45) is 0 Å². The molecule has 0 N–H and O–H groups in total. The fourth-order valence-electron chi connectivity index (χ4n) is 2.69. The zero-order valence-corrected chi connectivity index (χ0v) is 18.2. The molecule has 0 unspecified atom stereocenters. The molecular weight excluding hydrogens is 496 g/mol. The number of nitrogens with zero attached hydrogens (tertiary/aromatic N) is 1. The molecule has 0 bridgehead atoms. The van der Waals surface area contributed by atoms with E-state index in [2.05, 4.69) is 22.6 Å². The van der Waals surface area contributed by atoms with E-state index in [-0.39, 0.29) is 23.5 Å². The molecule has 1 heterocycles. The standard InChI is InChI=1S/C20H17FINO4S/c1-3-27-16-9-13(8-15(22)18(16)26-2)10-17-19(24)23(20(25)28-17)11-12-4-6-14(21)7-5-12/h4-10H,3,11H2,1-2H3. The quantitative estimate of drug-likeness (QED) is 0.399. The largest absolute Gasteiger partial charge is 0.492 e. The first-order chi connectivity index (χ1) is 13.4. The van der Waals surface area contributed by atoms with Crippen molar-refractivity contribution in [3.05, 3.63) is 61.8 Å². The first kappa shape index (κ1) is 20.7. The average Bonchev–Trinajstić information content (AvgIpc) is 2.91. The van der Waals surface area contributed by atoms with Crippen molar-refractivity contribution in [1.82, 2.24) is 4.90 Å². The van der Waals surface area contributed by atoms with Gasteiger partial charge >= 0.3 is 0 Å². The predicted molar refractivity (Wildman–Crippen MR) is 115 cm³/mol. The molecule has 3 rings (SSSR count). The molecule has 0 radical (unpaired) electrons. The van der Waals surface area contributed by atoms with Crippen molar-refractivity contribution in [2.45, 2.75) is 13.5 Å².